The van der Waals surface area contributed by atoms with Crippen molar-refractivity contribution in [2.24, 2.45) is 0 Å². The van der Waals surface area contributed by atoms with Gasteiger partial charge in [-0.2, -0.15) is 0 Å². The lowest BCUT2D eigenvalue weighted by atomic mass is 10.1. The van der Waals surface area contributed by atoms with Crippen molar-refractivity contribution in [3.63, 3.8) is 0 Å². The summed E-state index contributed by atoms with van der Waals surface area (Å²) >= 11 is 3.36. The smallest absolute Gasteiger partial charge is 0.138 e. The zero-order valence-corrected chi connectivity index (χ0v) is 11.3. The van der Waals surface area contributed by atoms with Crippen molar-refractivity contribution in [2.45, 2.75) is 18.9 Å². The summed E-state index contributed by atoms with van der Waals surface area (Å²) in [5.41, 5.74) is 3.46. The summed E-state index contributed by atoms with van der Waals surface area (Å²) in [6, 6.07) is 12.1. The van der Waals surface area contributed by atoms with Crippen LogP contribution in [0, 0.1) is 6.92 Å². The Morgan fingerprint density at radius 1 is 1.18 bits per heavy atom. The van der Waals surface area contributed by atoms with Gasteiger partial charge in [0.25, 0.3) is 0 Å². The van der Waals surface area contributed by atoms with Gasteiger partial charge in [-0.15, -0.1) is 0 Å². The summed E-state index contributed by atoms with van der Waals surface area (Å²) in [6.45, 7) is 2.67. The van der Waals surface area contributed by atoms with Crippen molar-refractivity contribution < 1.29 is 4.74 Å². The second-order valence-corrected chi connectivity index (χ2v) is 4.39. The van der Waals surface area contributed by atoms with Gasteiger partial charge >= 0.3 is 0 Å². The van der Waals surface area contributed by atoms with E-state index in [0.29, 0.717) is 6.61 Å². The molecule has 0 fully saturated rings. The lowest BCUT2D eigenvalue weighted by Gasteiger charge is -2.08. The molecule has 88 valence electrons. The fraction of sp³-hybridized carbons (Fsp3) is 0.214. The number of halogens is 1. The summed E-state index contributed by atoms with van der Waals surface area (Å²) in [7, 11) is 0. The average molecular weight is 292 g/mol. The molecule has 2 aromatic rings. The molecule has 3 heteroatoms. The van der Waals surface area contributed by atoms with E-state index in [1.165, 1.54) is 11.1 Å². The molecule has 0 radical (unpaired) electrons. The van der Waals surface area contributed by atoms with E-state index in [1.54, 1.807) is 6.20 Å². The molecule has 0 aliphatic carbocycles. The van der Waals surface area contributed by atoms with Crippen LogP contribution in [0.2, 0.25) is 0 Å². The van der Waals surface area contributed by atoms with Gasteiger partial charge in [0, 0.05) is 5.33 Å². The first kappa shape index (κ1) is 12.1. The first-order valence-electron chi connectivity index (χ1n) is 5.48. The molecule has 0 aliphatic rings. The van der Waals surface area contributed by atoms with Gasteiger partial charge in [-0.25, -0.2) is 0 Å². The van der Waals surface area contributed by atoms with Crippen LogP contribution in [0.15, 0.2) is 42.6 Å². The second-order valence-electron chi connectivity index (χ2n) is 3.83. The second kappa shape index (κ2) is 5.82. The van der Waals surface area contributed by atoms with Crippen molar-refractivity contribution >= 4 is 15.9 Å². The molecule has 0 unspecified atom stereocenters. The molecule has 0 spiro atoms. The minimum absolute atomic E-state index is 0.585. The van der Waals surface area contributed by atoms with Gasteiger partial charge in [0.1, 0.15) is 12.4 Å². The Labute approximate surface area is 110 Å². The highest BCUT2D eigenvalue weighted by Crippen LogP contribution is 2.14. The first-order valence-corrected chi connectivity index (χ1v) is 6.60. The molecule has 1 aromatic heterocycles. The van der Waals surface area contributed by atoms with Crippen LogP contribution in [-0.4, -0.2) is 4.98 Å². The monoisotopic (exact) mass is 291 g/mol. The predicted octanol–water partition coefficient (Wildman–Crippen LogP) is 3.86. The van der Waals surface area contributed by atoms with E-state index in [2.05, 4.69) is 40.0 Å². The molecular weight excluding hydrogens is 278 g/mol. The standard InChI is InChI=1S/C14H14BrNO/c1-11-4-2-3-5-12(11)10-17-14-7-6-13(8-15)16-9-14/h2-7,9H,8,10H2,1H3. The molecule has 0 aliphatic heterocycles. The maximum atomic E-state index is 5.69. The third kappa shape index (κ3) is 3.30. The number of alkyl halides is 1. The summed E-state index contributed by atoms with van der Waals surface area (Å²) in [5, 5.41) is 0.769. The van der Waals surface area contributed by atoms with Crippen LogP contribution in [0.4, 0.5) is 0 Å². The maximum absolute atomic E-state index is 5.69. The normalized spacial score (nSPS) is 10.2. The summed E-state index contributed by atoms with van der Waals surface area (Å²) in [4.78, 5) is 4.26. The van der Waals surface area contributed by atoms with Crippen LogP contribution in [-0.2, 0) is 11.9 Å². The first-order chi connectivity index (χ1) is 8.29. The Hall–Kier alpha value is -1.35. The molecule has 1 aromatic carbocycles. The summed E-state index contributed by atoms with van der Waals surface area (Å²) in [6.07, 6.45) is 1.76. The van der Waals surface area contributed by atoms with Crippen LogP contribution in [0.25, 0.3) is 0 Å². The van der Waals surface area contributed by atoms with E-state index in [-0.39, 0.29) is 0 Å². The maximum Gasteiger partial charge on any atom is 0.138 e. The third-order valence-electron chi connectivity index (χ3n) is 2.59. The molecule has 0 amide bonds. The Kier molecular flexibility index (Phi) is 4.15. The average Bonchev–Trinajstić information content (AvgIpc) is 2.38. The Balaban J connectivity index is 2.00. The topological polar surface area (TPSA) is 22.1 Å². The molecule has 0 N–H and O–H groups in total. The number of pyridine rings is 1. The highest BCUT2D eigenvalue weighted by atomic mass is 79.9. The number of benzene rings is 1. The van der Waals surface area contributed by atoms with Crippen molar-refractivity contribution in [1.29, 1.82) is 0 Å². The van der Waals surface area contributed by atoms with E-state index in [0.717, 1.165) is 16.8 Å². The van der Waals surface area contributed by atoms with Gasteiger partial charge in [0.05, 0.1) is 11.9 Å². The molecule has 1 heterocycles. The number of nitrogens with zero attached hydrogens (tertiary/aromatic N) is 1. The number of aromatic nitrogens is 1. The van der Waals surface area contributed by atoms with Gasteiger partial charge in [-0.1, -0.05) is 40.2 Å². The van der Waals surface area contributed by atoms with Crippen molar-refractivity contribution in [2.75, 3.05) is 0 Å². The fourth-order valence-electron chi connectivity index (χ4n) is 1.51. The minimum Gasteiger partial charge on any atom is -0.487 e. The van der Waals surface area contributed by atoms with Gasteiger partial charge in [0.15, 0.2) is 0 Å². The Morgan fingerprint density at radius 2 is 2.00 bits per heavy atom. The fourth-order valence-corrected chi connectivity index (χ4v) is 1.84. The van der Waals surface area contributed by atoms with Crippen LogP contribution in [0.1, 0.15) is 16.8 Å². The van der Waals surface area contributed by atoms with Crippen LogP contribution in [0.5, 0.6) is 5.75 Å². The molecule has 0 saturated heterocycles. The van der Waals surface area contributed by atoms with Crippen molar-refractivity contribution in [3.8, 4) is 5.75 Å². The van der Waals surface area contributed by atoms with Crippen molar-refractivity contribution in [3.05, 3.63) is 59.4 Å². The van der Waals surface area contributed by atoms with E-state index in [9.17, 15) is 0 Å². The Bertz CT molecular complexity index is 482. The van der Waals surface area contributed by atoms with Crippen LogP contribution >= 0.6 is 15.9 Å². The lowest BCUT2D eigenvalue weighted by molar-refractivity contribution is 0.304. The molecule has 0 atom stereocenters. The highest BCUT2D eigenvalue weighted by Gasteiger charge is 1.99. The number of hydrogen-bond acceptors (Lipinski definition) is 2. The number of aryl methyl sites for hydroxylation is 1. The summed E-state index contributed by atoms with van der Waals surface area (Å²) < 4.78 is 5.69. The van der Waals surface area contributed by atoms with E-state index >= 15 is 0 Å². The Morgan fingerprint density at radius 3 is 2.65 bits per heavy atom. The van der Waals surface area contributed by atoms with Gasteiger partial charge < -0.3 is 4.74 Å². The van der Waals surface area contributed by atoms with E-state index in [1.807, 2.05) is 24.3 Å². The SMILES string of the molecule is Cc1ccccc1COc1ccc(CBr)nc1. The number of hydrogen-bond donors (Lipinski definition) is 0. The quantitative estimate of drug-likeness (QED) is 0.798. The molecule has 2 rings (SSSR count). The number of ether oxygens (including phenoxy) is 1. The van der Waals surface area contributed by atoms with Crippen LogP contribution < -0.4 is 4.74 Å². The third-order valence-corrected chi connectivity index (χ3v) is 3.16. The molecule has 17 heavy (non-hydrogen) atoms. The van der Waals surface area contributed by atoms with Gasteiger partial charge in [0.2, 0.25) is 0 Å². The molecular formula is C14H14BrNO. The largest absolute Gasteiger partial charge is 0.487 e. The van der Waals surface area contributed by atoms with Crippen LogP contribution in [0.3, 0.4) is 0 Å². The predicted molar refractivity (Wildman–Crippen MR) is 72.4 cm³/mol. The van der Waals surface area contributed by atoms with E-state index < -0.39 is 0 Å². The highest BCUT2D eigenvalue weighted by molar-refractivity contribution is 9.08. The molecule has 0 saturated carbocycles. The zero-order valence-electron chi connectivity index (χ0n) is 9.69. The lowest BCUT2D eigenvalue weighted by Crippen LogP contribution is -1.98. The molecule has 2 nitrogen and oxygen atoms in total. The summed E-state index contributed by atoms with van der Waals surface area (Å²) in [5.74, 6) is 0.804. The van der Waals surface area contributed by atoms with Gasteiger partial charge in [-0.3, -0.25) is 4.98 Å². The zero-order chi connectivity index (χ0) is 12.1. The minimum atomic E-state index is 0.585. The molecule has 0 bridgehead atoms. The van der Waals surface area contributed by atoms with Crippen molar-refractivity contribution in [1.82, 2.24) is 4.98 Å². The van der Waals surface area contributed by atoms with Gasteiger partial charge in [-0.05, 0) is 30.2 Å². The van der Waals surface area contributed by atoms with E-state index in [4.69, 9.17) is 4.74 Å². The number of rotatable bonds is 4.